The zero-order valence-corrected chi connectivity index (χ0v) is 16.0. The molecule has 0 saturated carbocycles. The highest BCUT2D eigenvalue weighted by Gasteiger charge is 2.06. The number of nitrogens with zero attached hydrogens (tertiary/aromatic N) is 3. The van der Waals surface area contributed by atoms with Crippen LogP contribution in [0.25, 0.3) is 0 Å². The van der Waals surface area contributed by atoms with Crippen LogP contribution in [0, 0.1) is 5.92 Å². The minimum absolute atomic E-state index is 0. The molecular formula is C15H30IN5. The Bertz CT molecular complexity index is 375. The van der Waals surface area contributed by atoms with Crippen LogP contribution < -0.4 is 10.6 Å². The molecule has 1 aromatic heterocycles. The molecule has 1 rings (SSSR count). The third kappa shape index (κ3) is 9.71. The number of nitrogens with one attached hydrogen (secondary N) is 2. The van der Waals surface area contributed by atoms with Crippen LogP contribution in [0.2, 0.25) is 0 Å². The number of hydrogen-bond donors (Lipinski definition) is 2. The number of guanidine groups is 1. The van der Waals surface area contributed by atoms with Crippen LogP contribution in [-0.2, 0) is 6.54 Å². The molecule has 0 saturated heterocycles. The van der Waals surface area contributed by atoms with Crippen molar-refractivity contribution in [1.82, 2.24) is 20.4 Å². The SMILES string of the molecule is CCNC(=NCCn1cccn1)NC(C)CCC(C)C.I. The van der Waals surface area contributed by atoms with E-state index in [1.54, 1.807) is 6.20 Å². The van der Waals surface area contributed by atoms with Gasteiger partial charge < -0.3 is 10.6 Å². The van der Waals surface area contributed by atoms with E-state index in [1.165, 1.54) is 12.8 Å². The highest BCUT2D eigenvalue weighted by molar-refractivity contribution is 14.0. The molecule has 0 fully saturated rings. The maximum Gasteiger partial charge on any atom is 0.191 e. The van der Waals surface area contributed by atoms with Crippen molar-refractivity contribution in [2.24, 2.45) is 10.9 Å². The fourth-order valence-corrected chi connectivity index (χ4v) is 1.91. The van der Waals surface area contributed by atoms with Crippen molar-refractivity contribution in [2.45, 2.75) is 53.1 Å². The third-order valence-corrected chi connectivity index (χ3v) is 3.06. The van der Waals surface area contributed by atoms with Crippen LogP contribution in [0.4, 0.5) is 0 Å². The first kappa shape index (κ1) is 20.2. The molecule has 1 unspecified atom stereocenters. The van der Waals surface area contributed by atoms with Crippen molar-refractivity contribution in [1.29, 1.82) is 0 Å². The minimum atomic E-state index is 0. The molecule has 0 radical (unpaired) electrons. The normalized spacial score (nSPS) is 12.9. The number of aromatic nitrogens is 2. The third-order valence-electron chi connectivity index (χ3n) is 3.06. The average Bonchev–Trinajstić information content (AvgIpc) is 2.89. The summed E-state index contributed by atoms with van der Waals surface area (Å²) in [6, 6.07) is 2.38. The average molecular weight is 407 g/mol. The number of hydrogen-bond acceptors (Lipinski definition) is 2. The Morgan fingerprint density at radius 1 is 1.29 bits per heavy atom. The summed E-state index contributed by atoms with van der Waals surface area (Å²) in [6.45, 7) is 11.2. The summed E-state index contributed by atoms with van der Waals surface area (Å²) in [5, 5.41) is 10.9. The molecule has 0 aliphatic rings. The molecule has 0 aromatic carbocycles. The van der Waals surface area contributed by atoms with Gasteiger partial charge in [0.1, 0.15) is 0 Å². The Labute approximate surface area is 146 Å². The van der Waals surface area contributed by atoms with E-state index in [1.807, 2.05) is 16.9 Å². The van der Waals surface area contributed by atoms with Gasteiger partial charge >= 0.3 is 0 Å². The predicted octanol–water partition coefficient (Wildman–Crippen LogP) is 2.88. The lowest BCUT2D eigenvalue weighted by Gasteiger charge is -2.18. The van der Waals surface area contributed by atoms with E-state index >= 15 is 0 Å². The van der Waals surface area contributed by atoms with E-state index in [0.29, 0.717) is 6.04 Å². The lowest BCUT2D eigenvalue weighted by Crippen LogP contribution is -2.42. The zero-order valence-electron chi connectivity index (χ0n) is 13.7. The minimum Gasteiger partial charge on any atom is -0.357 e. The molecule has 1 aromatic rings. The Balaban J connectivity index is 0.00000400. The van der Waals surface area contributed by atoms with Gasteiger partial charge in [-0.15, -0.1) is 24.0 Å². The van der Waals surface area contributed by atoms with Crippen LogP contribution >= 0.6 is 24.0 Å². The van der Waals surface area contributed by atoms with Crippen LogP contribution in [0.1, 0.15) is 40.5 Å². The summed E-state index contributed by atoms with van der Waals surface area (Å²) in [5.74, 6) is 1.65. The molecule has 0 aliphatic heterocycles. The van der Waals surface area contributed by atoms with E-state index < -0.39 is 0 Å². The van der Waals surface area contributed by atoms with Gasteiger partial charge in [0.15, 0.2) is 5.96 Å². The van der Waals surface area contributed by atoms with Crippen molar-refractivity contribution in [3.63, 3.8) is 0 Å². The highest BCUT2D eigenvalue weighted by atomic mass is 127. The Hall–Kier alpha value is -0.790. The van der Waals surface area contributed by atoms with E-state index in [4.69, 9.17) is 0 Å². The standard InChI is InChI=1S/C15H29N5.HI/c1-5-16-15(19-14(4)8-7-13(2)3)17-10-12-20-11-6-9-18-20;/h6,9,11,13-14H,5,7-8,10,12H2,1-4H3,(H2,16,17,19);1H. The van der Waals surface area contributed by atoms with Gasteiger partial charge in [-0.3, -0.25) is 9.67 Å². The molecule has 1 heterocycles. The molecule has 0 aliphatic carbocycles. The highest BCUT2D eigenvalue weighted by Crippen LogP contribution is 2.06. The largest absolute Gasteiger partial charge is 0.357 e. The molecular weight excluding hydrogens is 377 g/mol. The smallest absolute Gasteiger partial charge is 0.191 e. The summed E-state index contributed by atoms with van der Waals surface area (Å²) in [4.78, 5) is 4.59. The van der Waals surface area contributed by atoms with Crippen molar-refractivity contribution in [3.8, 4) is 0 Å². The molecule has 1 atom stereocenters. The molecule has 122 valence electrons. The van der Waals surface area contributed by atoms with E-state index in [2.05, 4.69) is 48.4 Å². The van der Waals surface area contributed by atoms with Crippen molar-refractivity contribution >= 4 is 29.9 Å². The van der Waals surface area contributed by atoms with E-state index in [0.717, 1.165) is 31.5 Å². The Morgan fingerprint density at radius 2 is 2.05 bits per heavy atom. The fraction of sp³-hybridized carbons (Fsp3) is 0.733. The molecule has 0 spiro atoms. The topological polar surface area (TPSA) is 54.2 Å². The van der Waals surface area contributed by atoms with Crippen LogP contribution in [0.5, 0.6) is 0 Å². The van der Waals surface area contributed by atoms with Crippen LogP contribution in [0.15, 0.2) is 23.5 Å². The van der Waals surface area contributed by atoms with Gasteiger partial charge in [-0.2, -0.15) is 5.10 Å². The maximum atomic E-state index is 4.59. The van der Waals surface area contributed by atoms with Gasteiger partial charge in [-0.25, -0.2) is 0 Å². The second-order valence-electron chi connectivity index (χ2n) is 5.55. The number of aliphatic imine (C=N–C) groups is 1. The fourth-order valence-electron chi connectivity index (χ4n) is 1.91. The molecule has 0 bridgehead atoms. The van der Waals surface area contributed by atoms with Crippen molar-refractivity contribution < 1.29 is 0 Å². The second kappa shape index (κ2) is 11.8. The van der Waals surface area contributed by atoms with Gasteiger partial charge in [0.05, 0.1) is 13.1 Å². The van der Waals surface area contributed by atoms with Crippen molar-refractivity contribution in [2.75, 3.05) is 13.1 Å². The summed E-state index contributed by atoms with van der Waals surface area (Å²) < 4.78 is 1.90. The summed E-state index contributed by atoms with van der Waals surface area (Å²) >= 11 is 0. The molecule has 2 N–H and O–H groups in total. The van der Waals surface area contributed by atoms with Gasteiger partial charge in [-0.05, 0) is 38.7 Å². The lowest BCUT2D eigenvalue weighted by atomic mass is 10.0. The first-order valence-corrected chi connectivity index (χ1v) is 7.64. The molecule has 6 heteroatoms. The first-order chi connectivity index (χ1) is 9.61. The quantitative estimate of drug-likeness (QED) is 0.396. The summed E-state index contributed by atoms with van der Waals surface area (Å²) in [5.41, 5.74) is 0. The van der Waals surface area contributed by atoms with Gasteiger partial charge in [-0.1, -0.05) is 13.8 Å². The molecule has 21 heavy (non-hydrogen) atoms. The molecule has 0 amide bonds. The summed E-state index contributed by atoms with van der Waals surface area (Å²) in [6.07, 6.45) is 6.16. The van der Waals surface area contributed by atoms with Crippen LogP contribution in [0.3, 0.4) is 0 Å². The molecule has 5 nitrogen and oxygen atoms in total. The number of halogens is 1. The lowest BCUT2D eigenvalue weighted by molar-refractivity contribution is 0.488. The predicted molar refractivity (Wildman–Crippen MR) is 100 cm³/mol. The van der Waals surface area contributed by atoms with E-state index in [9.17, 15) is 0 Å². The monoisotopic (exact) mass is 407 g/mol. The second-order valence-corrected chi connectivity index (χ2v) is 5.55. The van der Waals surface area contributed by atoms with Gasteiger partial charge in [0.2, 0.25) is 0 Å². The van der Waals surface area contributed by atoms with E-state index in [-0.39, 0.29) is 24.0 Å². The maximum absolute atomic E-state index is 4.59. The Morgan fingerprint density at radius 3 is 2.62 bits per heavy atom. The summed E-state index contributed by atoms with van der Waals surface area (Å²) in [7, 11) is 0. The van der Waals surface area contributed by atoms with Gasteiger partial charge in [0.25, 0.3) is 0 Å². The Kier molecular flexibility index (Phi) is 11.4. The zero-order chi connectivity index (χ0) is 14.8. The number of rotatable bonds is 8. The van der Waals surface area contributed by atoms with Crippen LogP contribution in [-0.4, -0.2) is 34.9 Å². The van der Waals surface area contributed by atoms with Gasteiger partial charge in [0, 0.05) is 25.0 Å². The van der Waals surface area contributed by atoms with Crippen molar-refractivity contribution in [3.05, 3.63) is 18.5 Å². The first-order valence-electron chi connectivity index (χ1n) is 7.64.